The number of carboxylic acids is 2. The Morgan fingerprint density at radius 2 is 0.793 bits per heavy atom. The second-order valence-electron chi connectivity index (χ2n) is 4.65. The maximum atomic E-state index is 10.5. The van der Waals surface area contributed by atoms with Crippen molar-refractivity contribution in [2.75, 3.05) is 13.2 Å². The first-order valence-corrected chi connectivity index (χ1v) is 6.60. The van der Waals surface area contributed by atoms with Crippen LogP contribution in [0.1, 0.15) is 0 Å². The molecule has 0 spiro atoms. The Kier molecular flexibility index (Phi) is 25.5. The van der Waals surface area contributed by atoms with Gasteiger partial charge in [0.15, 0.2) is 11.6 Å². The molecule has 0 aromatic heterocycles. The minimum Gasteiger partial charge on any atom is -0.547 e. The van der Waals surface area contributed by atoms with Gasteiger partial charge in [-0.1, -0.05) is 0 Å². The van der Waals surface area contributed by atoms with Crippen LogP contribution in [0.3, 0.4) is 0 Å². The molecule has 0 fully saturated rings. The van der Waals surface area contributed by atoms with E-state index in [1.54, 1.807) is 0 Å². The van der Waals surface area contributed by atoms with Crippen molar-refractivity contribution < 1.29 is 81.2 Å². The Balaban J connectivity index is -0.000000120. The van der Waals surface area contributed by atoms with E-state index in [4.69, 9.17) is 40.9 Å². The molecule has 0 unspecified atom stereocenters. The summed E-state index contributed by atoms with van der Waals surface area (Å²) in [5.74, 6) is -6.41. The predicted octanol–water partition coefficient (Wildman–Crippen LogP) is -11.3. The summed E-state index contributed by atoms with van der Waals surface area (Å²) in [4.78, 5) is 40.9. The van der Waals surface area contributed by atoms with Gasteiger partial charge in [-0.25, -0.2) is 0 Å². The van der Waals surface area contributed by atoms with Crippen molar-refractivity contribution in [3.8, 4) is 0 Å². The van der Waals surface area contributed by atoms with Crippen molar-refractivity contribution >= 4 is 61.2 Å². The fraction of sp³-hybridized carbons (Fsp3) is 0.667. The Morgan fingerprint density at radius 1 is 0.586 bits per heavy atom. The number of aliphatic carboxylic acids is 2. The van der Waals surface area contributed by atoms with Gasteiger partial charge < -0.3 is 71.6 Å². The molecule has 0 aromatic rings. The monoisotopic (exact) mass is 462 g/mol. The van der Waals surface area contributed by atoms with E-state index in [1.165, 1.54) is 0 Å². The molecular formula is C12H22CaO16. The van der Waals surface area contributed by atoms with Crippen LogP contribution in [-0.4, -0.2) is 163 Å². The van der Waals surface area contributed by atoms with Gasteiger partial charge in [0.25, 0.3) is 0 Å². The van der Waals surface area contributed by atoms with E-state index in [0.29, 0.717) is 0 Å². The summed E-state index contributed by atoms with van der Waals surface area (Å²) in [7, 11) is 0. The molecule has 168 valence electrons. The zero-order valence-corrected chi connectivity index (χ0v) is 16.8. The van der Waals surface area contributed by atoms with Crippen LogP contribution in [0.25, 0.3) is 0 Å². The zero-order chi connectivity index (χ0) is 21.2. The van der Waals surface area contributed by atoms with E-state index in [9.17, 15) is 29.4 Å². The fourth-order valence-corrected chi connectivity index (χ4v) is 1.19. The van der Waals surface area contributed by atoms with E-state index in [2.05, 4.69) is 0 Å². The van der Waals surface area contributed by atoms with Gasteiger partial charge in [-0.3, -0.25) is 9.59 Å². The summed E-state index contributed by atoms with van der Waals surface area (Å²) >= 11 is 0. The molecule has 0 radical (unpaired) electrons. The van der Waals surface area contributed by atoms with Gasteiger partial charge in [0, 0.05) is 0 Å². The summed E-state index contributed by atoms with van der Waals surface area (Å²) in [5.41, 5.74) is 0. The van der Waals surface area contributed by atoms with E-state index < -0.39 is 73.3 Å². The number of carboxylic acid groups (broad SMARTS) is 2. The largest absolute Gasteiger partial charge is 2.00 e. The molecule has 29 heavy (non-hydrogen) atoms. The van der Waals surface area contributed by atoms with Crippen molar-refractivity contribution in [3.05, 3.63) is 0 Å². The third-order valence-electron chi connectivity index (χ3n) is 2.75. The number of Topliss-reactive ketones (excluding diaryl/α,β-unsaturated/α-hetero) is 2. The summed E-state index contributed by atoms with van der Waals surface area (Å²) in [6.45, 7) is -2.12. The van der Waals surface area contributed by atoms with Gasteiger partial charge in [0.05, 0.1) is 11.9 Å². The molecule has 0 aliphatic carbocycles. The summed E-state index contributed by atoms with van der Waals surface area (Å²) in [6, 6.07) is 0. The number of ketones is 2. The third-order valence-corrected chi connectivity index (χ3v) is 2.75. The van der Waals surface area contributed by atoms with Crippen LogP contribution in [0.15, 0.2) is 0 Å². The van der Waals surface area contributed by atoms with Crippen LogP contribution in [0, 0.1) is 0 Å². The summed E-state index contributed by atoms with van der Waals surface area (Å²) in [6.07, 6.45) is -13.4. The van der Waals surface area contributed by atoms with Gasteiger partial charge in [-0.15, -0.1) is 0 Å². The van der Waals surface area contributed by atoms with Crippen LogP contribution in [0.5, 0.6) is 0 Å². The van der Waals surface area contributed by atoms with Crippen LogP contribution >= 0.6 is 0 Å². The van der Waals surface area contributed by atoms with E-state index >= 15 is 0 Å². The van der Waals surface area contributed by atoms with E-state index in [-0.39, 0.29) is 48.7 Å². The van der Waals surface area contributed by atoms with Crippen molar-refractivity contribution in [2.24, 2.45) is 0 Å². The normalized spacial score (nSPS) is 15.7. The SMILES string of the molecule is O.O.O=C(CO)[C@@H](O)[C@H](O)[C@@H](O)C(=O)[O-].O=C(CO)[C@@H](O)[C@H](O)[C@@H](O)C(=O)[O-].[Ca+2]. The van der Waals surface area contributed by atoms with Gasteiger partial charge in [-0.05, 0) is 0 Å². The second-order valence-corrected chi connectivity index (χ2v) is 4.65. The first kappa shape index (κ1) is 38.7. The predicted molar refractivity (Wildman–Crippen MR) is 83.2 cm³/mol. The van der Waals surface area contributed by atoms with Crippen LogP contribution in [0.4, 0.5) is 0 Å². The molecule has 0 aliphatic rings. The number of hydrogen-bond donors (Lipinski definition) is 8. The molecule has 16 nitrogen and oxygen atoms in total. The van der Waals surface area contributed by atoms with Crippen molar-refractivity contribution in [3.63, 3.8) is 0 Å². The molecule has 6 atom stereocenters. The molecule has 0 saturated carbocycles. The molecule has 0 saturated heterocycles. The quantitative estimate of drug-likeness (QED) is 0.140. The van der Waals surface area contributed by atoms with Crippen LogP contribution in [0.2, 0.25) is 0 Å². The minimum absolute atomic E-state index is 0. The molecule has 0 aliphatic heterocycles. The molecule has 12 N–H and O–H groups in total. The Bertz CT molecular complexity index is 454. The smallest absolute Gasteiger partial charge is 0.547 e. The topological polar surface area (TPSA) is 339 Å². The molecule has 0 heterocycles. The van der Waals surface area contributed by atoms with Crippen molar-refractivity contribution in [1.82, 2.24) is 0 Å². The van der Waals surface area contributed by atoms with Gasteiger partial charge in [0.2, 0.25) is 0 Å². The minimum atomic E-state index is -2.37. The Labute approximate surface area is 191 Å². The zero-order valence-electron chi connectivity index (χ0n) is 14.6. The third kappa shape index (κ3) is 13.9. The number of hydrogen-bond acceptors (Lipinski definition) is 14. The average Bonchev–Trinajstić information content (AvgIpc) is 2.62. The molecule has 17 heteroatoms. The van der Waals surface area contributed by atoms with E-state index in [1.807, 2.05) is 0 Å². The Morgan fingerprint density at radius 3 is 0.931 bits per heavy atom. The molecular weight excluding hydrogens is 440 g/mol. The average molecular weight is 462 g/mol. The maximum Gasteiger partial charge on any atom is 2.00 e. The van der Waals surface area contributed by atoms with E-state index in [0.717, 1.165) is 0 Å². The van der Waals surface area contributed by atoms with Crippen molar-refractivity contribution in [2.45, 2.75) is 36.6 Å². The Hall–Kier alpha value is -0.860. The maximum absolute atomic E-state index is 10.5. The number of aliphatic hydroxyl groups is 8. The molecule has 0 rings (SSSR count). The van der Waals surface area contributed by atoms with Crippen molar-refractivity contribution in [1.29, 1.82) is 0 Å². The first-order valence-electron chi connectivity index (χ1n) is 6.60. The molecule has 0 aromatic carbocycles. The van der Waals surface area contributed by atoms with Crippen LogP contribution in [-0.2, 0) is 19.2 Å². The summed E-state index contributed by atoms with van der Waals surface area (Å²) in [5, 5.41) is 88.7. The number of carbonyl (C=O) groups is 4. The van der Waals surface area contributed by atoms with Gasteiger partial charge in [-0.2, -0.15) is 0 Å². The molecule has 0 bridgehead atoms. The first-order chi connectivity index (χ1) is 11.8. The van der Waals surface area contributed by atoms with Crippen LogP contribution < -0.4 is 10.2 Å². The summed E-state index contributed by atoms with van der Waals surface area (Å²) < 4.78 is 0. The van der Waals surface area contributed by atoms with Gasteiger partial charge >= 0.3 is 37.7 Å². The van der Waals surface area contributed by atoms with Gasteiger partial charge in [0.1, 0.15) is 49.8 Å². The number of aliphatic hydroxyl groups excluding tert-OH is 8. The fourth-order valence-electron chi connectivity index (χ4n) is 1.19. The molecule has 0 amide bonds. The standard InChI is InChI=1S/2C6H10O7.Ca.2H2O/c2*7-1-2(8)3(9)4(10)5(11)6(12)13;;;/h2*3-5,7,9-11H,1H2,(H,12,13);;2*1H2/q;;+2;;/p-2/t2*3-,4+,5-;;;/m11.../s1. The second kappa shape index (κ2) is 19.1. The number of rotatable bonds is 10. The number of carbonyl (C=O) groups excluding carboxylic acids is 4.